The molecule has 0 rings (SSSR count). The third-order valence-electron chi connectivity index (χ3n) is 2.13. The molecule has 80 valence electrons. The highest BCUT2D eigenvalue weighted by Gasteiger charge is 2.17. The third-order valence-corrected chi connectivity index (χ3v) is 2.13. The van der Waals surface area contributed by atoms with Crippen molar-refractivity contribution in [2.75, 3.05) is 13.2 Å². The largest absolute Gasteiger partial charge is 0.375 e. The van der Waals surface area contributed by atoms with E-state index in [1.165, 1.54) is 12.8 Å². The summed E-state index contributed by atoms with van der Waals surface area (Å²) in [5.41, 5.74) is -0.0310. The standard InChI is InChI=1S/C11H25NO/c1-6-8-10(3)12-9-11(4,5)13-7-2/h10,12H,6-9H2,1-5H3. The van der Waals surface area contributed by atoms with Gasteiger partial charge in [0.2, 0.25) is 0 Å². The molecule has 1 unspecified atom stereocenters. The molecular weight excluding hydrogens is 162 g/mol. The van der Waals surface area contributed by atoms with E-state index in [1.54, 1.807) is 0 Å². The third kappa shape index (κ3) is 7.03. The first-order chi connectivity index (χ1) is 6.02. The van der Waals surface area contributed by atoms with Crippen LogP contribution in [0.15, 0.2) is 0 Å². The summed E-state index contributed by atoms with van der Waals surface area (Å²) >= 11 is 0. The lowest BCUT2D eigenvalue weighted by atomic mass is 10.1. The fraction of sp³-hybridized carbons (Fsp3) is 1.00. The summed E-state index contributed by atoms with van der Waals surface area (Å²) in [6.07, 6.45) is 2.48. The van der Waals surface area contributed by atoms with Crippen LogP contribution in [0.25, 0.3) is 0 Å². The summed E-state index contributed by atoms with van der Waals surface area (Å²) in [6.45, 7) is 12.5. The molecule has 0 bridgehead atoms. The molecule has 2 heteroatoms. The Balaban J connectivity index is 3.60. The van der Waals surface area contributed by atoms with Gasteiger partial charge in [-0.1, -0.05) is 13.3 Å². The van der Waals surface area contributed by atoms with Crippen LogP contribution in [0.3, 0.4) is 0 Å². The Kier molecular flexibility index (Phi) is 6.35. The zero-order valence-electron chi connectivity index (χ0n) is 9.81. The Hall–Kier alpha value is -0.0800. The van der Waals surface area contributed by atoms with Crippen LogP contribution in [0, 0.1) is 0 Å². The fourth-order valence-corrected chi connectivity index (χ4v) is 1.40. The lowest BCUT2D eigenvalue weighted by Gasteiger charge is -2.27. The van der Waals surface area contributed by atoms with E-state index in [4.69, 9.17) is 4.74 Å². The SMILES string of the molecule is CCCC(C)NCC(C)(C)OCC. The van der Waals surface area contributed by atoms with Crippen LogP contribution in [-0.2, 0) is 4.74 Å². The van der Waals surface area contributed by atoms with Gasteiger partial charge in [-0.05, 0) is 34.1 Å². The van der Waals surface area contributed by atoms with Crippen molar-refractivity contribution in [1.29, 1.82) is 0 Å². The molecule has 0 aromatic carbocycles. The Morgan fingerprint density at radius 1 is 1.31 bits per heavy atom. The molecule has 0 saturated carbocycles. The van der Waals surface area contributed by atoms with Crippen molar-refractivity contribution in [1.82, 2.24) is 5.32 Å². The van der Waals surface area contributed by atoms with Crippen LogP contribution >= 0.6 is 0 Å². The second kappa shape index (κ2) is 6.39. The fourth-order valence-electron chi connectivity index (χ4n) is 1.40. The summed E-state index contributed by atoms with van der Waals surface area (Å²) in [5.74, 6) is 0. The highest BCUT2D eigenvalue weighted by Crippen LogP contribution is 2.07. The predicted octanol–water partition coefficient (Wildman–Crippen LogP) is 2.58. The molecule has 0 aliphatic heterocycles. The summed E-state index contributed by atoms with van der Waals surface area (Å²) in [7, 11) is 0. The first-order valence-electron chi connectivity index (χ1n) is 5.39. The van der Waals surface area contributed by atoms with E-state index in [1.807, 2.05) is 6.92 Å². The maximum absolute atomic E-state index is 5.60. The molecule has 0 aromatic heterocycles. The molecule has 0 fully saturated rings. The monoisotopic (exact) mass is 187 g/mol. The van der Waals surface area contributed by atoms with Gasteiger partial charge in [0.05, 0.1) is 5.60 Å². The Labute approximate surface area is 83.1 Å². The summed E-state index contributed by atoms with van der Waals surface area (Å²) in [4.78, 5) is 0. The van der Waals surface area contributed by atoms with Crippen LogP contribution in [0.2, 0.25) is 0 Å². The lowest BCUT2D eigenvalue weighted by Crippen LogP contribution is -2.41. The number of hydrogen-bond acceptors (Lipinski definition) is 2. The molecule has 0 amide bonds. The topological polar surface area (TPSA) is 21.3 Å². The average Bonchev–Trinajstić information content (AvgIpc) is 2.02. The van der Waals surface area contributed by atoms with Crippen molar-refractivity contribution in [3.05, 3.63) is 0 Å². The second-order valence-electron chi connectivity index (χ2n) is 4.26. The highest BCUT2D eigenvalue weighted by atomic mass is 16.5. The van der Waals surface area contributed by atoms with E-state index in [0.717, 1.165) is 13.2 Å². The molecule has 0 aromatic rings. The van der Waals surface area contributed by atoms with Gasteiger partial charge in [-0.3, -0.25) is 0 Å². The molecule has 0 aliphatic carbocycles. The number of nitrogens with one attached hydrogen (secondary N) is 1. The molecular formula is C11H25NO. The minimum atomic E-state index is -0.0310. The summed E-state index contributed by atoms with van der Waals surface area (Å²) < 4.78 is 5.60. The van der Waals surface area contributed by atoms with Gasteiger partial charge >= 0.3 is 0 Å². The Morgan fingerprint density at radius 3 is 2.38 bits per heavy atom. The van der Waals surface area contributed by atoms with E-state index in [9.17, 15) is 0 Å². The zero-order chi connectivity index (χ0) is 10.3. The quantitative estimate of drug-likeness (QED) is 0.661. The van der Waals surface area contributed by atoms with E-state index in [2.05, 4.69) is 33.0 Å². The van der Waals surface area contributed by atoms with Gasteiger partial charge < -0.3 is 10.1 Å². The molecule has 0 spiro atoms. The maximum Gasteiger partial charge on any atom is 0.0750 e. The van der Waals surface area contributed by atoms with E-state index in [0.29, 0.717) is 6.04 Å². The minimum absolute atomic E-state index is 0.0310. The Bertz CT molecular complexity index is 123. The first kappa shape index (κ1) is 12.9. The van der Waals surface area contributed by atoms with Crippen molar-refractivity contribution < 1.29 is 4.74 Å². The van der Waals surface area contributed by atoms with Gasteiger partial charge in [0, 0.05) is 19.2 Å². The summed E-state index contributed by atoms with van der Waals surface area (Å²) in [5, 5.41) is 3.48. The van der Waals surface area contributed by atoms with Crippen molar-refractivity contribution in [3.63, 3.8) is 0 Å². The smallest absolute Gasteiger partial charge is 0.0750 e. The van der Waals surface area contributed by atoms with Crippen LogP contribution in [0.5, 0.6) is 0 Å². The molecule has 1 N–H and O–H groups in total. The van der Waals surface area contributed by atoms with Crippen molar-refractivity contribution in [2.45, 2.75) is 59.1 Å². The zero-order valence-corrected chi connectivity index (χ0v) is 9.81. The number of ether oxygens (including phenoxy) is 1. The van der Waals surface area contributed by atoms with Crippen LogP contribution < -0.4 is 5.32 Å². The molecule has 1 atom stereocenters. The first-order valence-corrected chi connectivity index (χ1v) is 5.39. The van der Waals surface area contributed by atoms with E-state index >= 15 is 0 Å². The van der Waals surface area contributed by atoms with Crippen molar-refractivity contribution in [3.8, 4) is 0 Å². The van der Waals surface area contributed by atoms with Gasteiger partial charge in [-0.2, -0.15) is 0 Å². The Morgan fingerprint density at radius 2 is 1.92 bits per heavy atom. The molecule has 0 saturated heterocycles. The van der Waals surface area contributed by atoms with Gasteiger partial charge in [-0.25, -0.2) is 0 Å². The van der Waals surface area contributed by atoms with Gasteiger partial charge in [0.15, 0.2) is 0 Å². The molecule has 0 heterocycles. The van der Waals surface area contributed by atoms with Gasteiger partial charge in [-0.15, -0.1) is 0 Å². The van der Waals surface area contributed by atoms with Crippen molar-refractivity contribution in [2.24, 2.45) is 0 Å². The predicted molar refractivity (Wildman–Crippen MR) is 58.1 cm³/mol. The lowest BCUT2D eigenvalue weighted by molar-refractivity contribution is -0.0104. The minimum Gasteiger partial charge on any atom is -0.375 e. The number of hydrogen-bond donors (Lipinski definition) is 1. The van der Waals surface area contributed by atoms with Crippen molar-refractivity contribution >= 4 is 0 Å². The van der Waals surface area contributed by atoms with Crippen LogP contribution in [0.4, 0.5) is 0 Å². The van der Waals surface area contributed by atoms with E-state index < -0.39 is 0 Å². The normalized spacial score (nSPS) is 14.5. The maximum atomic E-state index is 5.60. The molecule has 0 radical (unpaired) electrons. The van der Waals surface area contributed by atoms with Gasteiger partial charge in [0.25, 0.3) is 0 Å². The molecule has 13 heavy (non-hydrogen) atoms. The average molecular weight is 187 g/mol. The molecule has 2 nitrogen and oxygen atoms in total. The highest BCUT2D eigenvalue weighted by molar-refractivity contribution is 4.73. The van der Waals surface area contributed by atoms with Crippen LogP contribution in [-0.4, -0.2) is 24.8 Å². The second-order valence-corrected chi connectivity index (χ2v) is 4.26. The van der Waals surface area contributed by atoms with Gasteiger partial charge in [0.1, 0.15) is 0 Å². The summed E-state index contributed by atoms with van der Waals surface area (Å²) in [6, 6.07) is 0.602. The molecule has 0 aliphatic rings. The number of rotatable bonds is 7. The van der Waals surface area contributed by atoms with E-state index in [-0.39, 0.29) is 5.60 Å². The van der Waals surface area contributed by atoms with Crippen LogP contribution in [0.1, 0.15) is 47.5 Å².